The summed E-state index contributed by atoms with van der Waals surface area (Å²) >= 11 is 0. The van der Waals surface area contributed by atoms with Gasteiger partial charge in [-0.3, -0.25) is 9.48 Å². The highest BCUT2D eigenvalue weighted by Crippen LogP contribution is 2.36. The van der Waals surface area contributed by atoms with Gasteiger partial charge in [0.2, 0.25) is 0 Å². The predicted molar refractivity (Wildman–Crippen MR) is 64.4 cm³/mol. The fraction of sp³-hybridized carbons (Fsp3) is 0.692. The van der Waals surface area contributed by atoms with E-state index in [0.717, 1.165) is 25.9 Å². The third kappa shape index (κ3) is 2.08. The summed E-state index contributed by atoms with van der Waals surface area (Å²) in [7, 11) is 1.83. The molecule has 2 atom stereocenters. The number of carbonyl (C=O) groups excluding carboxylic acids is 1. The highest BCUT2D eigenvalue weighted by atomic mass is 16.6. The molecule has 0 radical (unpaired) electrons. The lowest BCUT2D eigenvalue weighted by molar-refractivity contribution is -0.0921. The molecule has 18 heavy (non-hydrogen) atoms. The Bertz CT molecular complexity index is 449. The van der Waals surface area contributed by atoms with Gasteiger partial charge in [0, 0.05) is 38.8 Å². The number of nitrogens with zero attached hydrogens (tertiary/aromatic N) is 2. The summed E-state index contributed by atoms with van der Waals surface area (Å²) in [6.07, 6.45) is 4.26. The van der Waals surface area contributed by atoms with Gasteiger partial charge in [0.1, 0.15) is 5.69 Å². The molecule has 2 aliphatic heterocycles. The maximum Gasteiger partial charge on any atom is 0.186 e. The lowest BCUT2D eigenvalue weighted by Crippen LogP contribution is -2.42. The van der Waals surface area contributed by atoms with E-state index in [0.29, 0.717) is 18.9 Å². The minimum absolute atomic E-state index is 0.0235. The fourth-order valence-electron chi connectivity index (χ4n) is 2.87. The van der Waals surface area contributed by atoms with Crippen LogP contribution in [-0.4, -0.2) is 41.0 Å². The molecule has 0 bridgehead atoms. The number of hydrogen-bond acceptors (Lipinski definition) is 4. The number of hydrogen-bond donors (Lipinski definition) is 0. The highest BCUT2D eigenvalue weighted by Gasteiger charge is 2.43. The number of aromatic nitrogens is 2. The second-order valence-electron chi connectivity index (χ2n) is 5.26. The molecular formula is C13H18N2O3. The minimum Gasteiger partial charge on any atom is -0.378 e. The first-order chi connectivity index (χ1) is 8.69. The van der Waals surface area contributed by atoms with Gasteiger partial charge in [-0.15, -0.1) is 0 Å². The lowest BCUT2D eigenvalue weighted by Gasteiger charge is -2.36. The highest BCUT2D eigenvalue weighted by molar-refractivity contribution is 5.96. The van der Waals surface area contributed by atoms with E-state index in [2.05, 4.69) is 5.10 Å². The molecule has 5 nitrogen and oxygen atoms in total. The van der Waals surface area contributed by atoms with E-state index in [-0.39, 0.29) is 17.3 Å². The number of aryl methyl sites for hydroxylation is 1. The molecule has 2 saturated heterocycles. The van der Waals surface area contributed by atoms with Gasteiger partial charge in [-0.1, -0.05) is 0 Å². The molecule has 2 fully saturated rings. The van der Waals surface area contributed by atoms with Crippen LogP contribution >= 0.6 is 0 Å². The zero-order chi connectivity index (χ0) is 12.6. The van der Waals surface area contributed by atoms with Crippen LogP contribution in [0.2, 0.25) is 0 Å². The largest absolute Gasteiger partial charge is 0.378 e. The second kappa shape index (κ2) is 4.48. The molecule has 1 spiro atoms. The first-order valence-corrected chi connectivity index (χ1v) is 6.44. The Morgan fingerprint density at radius 2 is 2.44 bits per heavy atom. The van der Waals surface area contributed by atoms with Crippen LogP contribution in [0.3, 0.4) is 0 Å². The van der Waals surface area contributed by atoms with Gasteiger partial charge in [0.15, 0.2) is 5.78 Å². The Morgan fingerprint density at radius 1 is 1.56 bits per heavy atom. The van der Waals surface area contributed by atoms with Crippen molar-refractivity contribution in [2.75, 3.05) is 19.8 Å². The third-order valence-electron chi connectivity index (χ3n) is 3.90. The van der Waals surface area contributed by atoms with E-state index >= 15 is 0 Å². The number of carbonyl (C=O) groups is 1. The van der Waals surface area contributed by atoms with Crippen molar-refractivity contribution in [1.82, 2.24) is 9.78 Å². The molecule has 2 unspecified atom stereocenters. The van der Waals surface area contributed by atoms with Gasteiger partial charge in [-0.05, 0) is 18.9 Å². The molecule has 0 aliphatic carbocycles. The Balaban J connectivity index is 1.74. The van der Waals surface area contributed by atoms with Crippen LogP contribution < -0.4 is 0 Å². The van der Waals surface area contributed by atoms with Crippen LogP contribution in [0, 0.1) is 5.92 Å². The number of ether oxygens (including phenoxy) is 2. The Labute approximate surface area is 106 Å². The average molecular weight is 250 g/mol. The predicted octanol–water partition coefficient (Wildman–Crippen LogP) is 1.19. The van der Waals surface area contributed by atoms with E-state index in [1.807, 2.05) is 7.05 Å². The topological polar surface area (TPSA) is 53.4 Å². The van der Waals surface area contributed by atoms with E-state index in [9.17, 15) is 4.79 Å². The summed E-state index contributed by atoms with van der Waals surface area (Å²) in [6.45, 7) is 2.01. The van der Waals surface area contributed by atoms with Crippen molar-refractivity contribution in [3.8, 4) is 0 Å². The first kappa shape index (κ1) is 11.9. The quantitative estimate of drug-likeness (QED) is 0.740. The van der Waals surface area contributed by atoms with E-state index in [1.165, 1.54) is 0 Å². The molecule has 0 amide bonds. The van der Waals surface area contributed by atoms with Crippen LogP contribution in [0.15, 0.2) is 12.3 Å². The average Bonchev–Trinajstić information content (AvgIpc) is 2.98. The summed E-state index contributed by atoms with van der Waals surface area (Å²) in [5.74, 6) is 0.167. The van der Waals surface area contributed by atoms with Crippen molar-refractivity contribution in [3.05, 3.63) is 18.0 Å². The van der Waals surface area contributed by atoms with Crippen LogP contribution in [0.4, 0.5) is 0 Å². The van der Waals surface area contributed by atoms with E-state index < -0.39 is 0 Å². The van der Waals surface area contributed by atoms with Gasteiger partial charge in [-0.2, -0.15) is 5.10 Å². The zero-order valence-corrected chi connectivity index (χ0v) is 10.6. The van der Waals surface area contributed by atoms with Crippen LogP contribution in [0.1, 0.15) is 29.8 Å². The maximum absolute atomic E-state index is 12.4. The molecule has 98 valence electrons. The first-order valence-electron chi connectivity index (χ1n) is 6.44. The van der Waals surface area contributed by atoms with Gasteiger partial charge in [-0.25, -0.2) is 0 Å². The molecule has 5 heteroatoms. The molecule has 0 N–H and O–H groups in total. The Hall–Kier alpha value is -1.20. The summed E-state index contributed by atoms with van der Waals surface area (Å²) in [6, 6.07) is 1.79. The van der Waals surface area contributed by atoms with Gasteiger partial charge < -0.3 is 9.47 Å². The summed E-state index contributed by atoms with van der Waals surface area (Å²) in [4.78, 5) is 12.4. The standard InChI is InChI=1S/C13H18N2O3/c1-15-5-2-11(14-15)12(16)10-3-6-18-13(8-10)4-7-17-9-13/h2,5,10H,3-4,6-9H2,1H3. The number of rotatable bonds is 2. The normalized spacial score (nSPS) is 31.9. The van der Waals surface area contributed by atoms with Crippen molar-refractivity contribution in [3.63, 3.8) is 0 Å². The van der Waals surface area contributed by atoms with Crippen LogP contribution in [0.5, 0.6) is 0 Å². The van der Waals surface area contributed by atoms with Crippen LogP contribution in [-0.2, 0) is 16.5 Å². The molecule has 0 aromatic carbocycles. The van der Waals surface area contributed by atoms with Crippen molar-refractivity contribution >= 4 is 5.78 Å². The van der Waals surface area contributed by atoms with Crippen molar-refractivity contribution < 1.29 is 14.3 Å². The second-order valence-corrected chi connectivity index (χ2v) is 5.26. The SMILES string of the molecule is Cn1ccc(C(=O)C2CCOC3(CCOC3)C2)n1. The fourth-order valence-corrected chi connectivity index (χ4v) is 2.87. The summed E-state index contributed by atoms with van der Waals surface area (Å²) < 4.78 is 12.9. The molecular weight excluding hydrogens is 232 g/mol. The summed E-state index contributed by atoms with van der Waals surface area (Å²) in [5, 5.41) is 4.20. The molecule has 2 aliphatic rings. The Morgan fingerprint density at radius 3 is 3.11 bits per heavy atom. The van der Waals surface area contributed by atoms with Crippen molar-refractivity contribution in [2.24, 2.45) is 13.0 Å². The zero-order valence-electron chi connectivity index (χ0n) is 10.6. The van der Waals surface area contributed by atoms with Gasteiger partial charge in [0.05, 0.1) is 12.2 Å². The van der Waals surface area contributed by atoms with Crippen molar-refractivity contribution in [2.45, 2.75) is 24.9 Å². The van der Waals surface area contributed by atoms with Crippen molar-refractivity contribution in [1.29, 1.82) is 0 Å². The monoisotopic (exact) mass is 250 g/mol. The third-order valence-corrected chi connectivity index (χ3v) is 3.90. The number of Topliss-reactive ketones (excluding diaryl/α,β-unsaturated/α-hetero) is 1. The molecule has 3 heterocycles. The molecule has 3 rings (SSSR count). The van der Waals surface area contributed by atoms with Gasteiger partial charge >= 0.3 is 0 Å². The Kier molecular flexibility index (Phi) is 2.95. The minimum atomic E-state index is -0.215. The van der Waals surface area contributed by atoms with E-state index in [4.69, 9.17) is 9.47 Å². The van der Waals surface area contributed by atoms with Gasteiger partial charge in [0.25, 0.3) is 0 Å². The molecule has 1 aromatic heterocycles. The maximum atomic E-state index is 12.4. The molecule has 0 saturated carbocycles. The molecule has 1 aromatic rings. The summed E-state index contributed by atoms with van der Waals surface area (Å²) in [5.41, 5.74) is 0.353. The number of ketones is 1. The van der Waals surface area contributed by atoms with E-state index in [1.54, 1.807) is 16.9 Å². The lowest BCUT2D eigenvalue weighted by atomic mass is 9.82. The smallest absolute Gasteiger partial charge is 0.186 e. The van der Waals surface area contributed by atoms with Crippen LogP contribution in [0.25, 0.3) is 0 Å².